The summed E-state index contributed by atoms with van der Waals surface area (Å²) >= 11 is 0. The number of rotatable bonds is 7. The van der Waals surface area contributed by atoms with Gasteiger partial charge in [-0.3, -0.25) is 14.5 Å². The van der Waals surface area contributed by atoms with Crippen molar-refractivity contribution in [3.63, 3.8) is 0 Å². The average molecular weight is 456 g/mol. The molecule has 3 saturated heterocycles. The van der Waals surface area contributed by atoms with Crippen LogP contribution in [0.5, 0.6) is 0 Å². The zero-order valence-corrected chi connectivity index (χ0v) is 20.0. The lowest BCUT2D eigenvalue weighted by atomic mass is 9.91. The first-order valence-electron chi connectivity index (χ1n) is 12.6. The van der Waals surface area contributed by atoms with Crippen LogP contribution in [0.15, 0.2) is 24.3 Å². The van der Waals surface area contributed by atoms with Crippen LogP contribution in [-0.4, -0.2) is 73.0 Å². The van der Waals surface area contributed by atoms with Crippen molar-refractivity contribution < 1.29 is 19.1 Å². The summed E-state index contributed by atoms with van der Waals surface area (Å²) in [5, 5.41) is 0. The normalized spacial score (nSPS) is 23.9. The molecule has 0 unspecified atom stereocenters. The number of carbonyl (C=O) groups is 3. The number of esters is 1. The highest BCUT2D eigenvalue weighted by Gasteiger charge is 2.43. The molecular formula is C26H37N3O4. The Morgan fingerprint density at radius 1 is 1.00 bits per heavy atom. The van der Waals surface area contributed by atoms with E-state index in [2.05, 4.69) is 16.7 Å². The second-order valence-corrected chi connectivity index (χ2v) is 9.85. The molecule has 4 rings (SSSR count). The second kappa shape index (κ2) is 10.8. The lowest BCUT2D eigenvalue weighted by Crippen LogP contribution is -2.46. The molecule has 2 amide bonds. The molecule has 1 aromatic carbocycles. The molecule has 7 nitrogen and oxygen atoms in total. The number of hydrogen-bond donors (Lipinski definition) is 0. The van der Waals surface area contributed by atoms with Gasteiger partial charge in [0.15, 0.2) is 0 Å². The third-order valence-electron chi connectivity index (χ3n) is 7.58. The number of nitrogens with zero attached hydrogens (tertiary/aromatic N) is 3. The molecule has 1 atom stereocenters. The molecule has 3 fully saturated rings. The van der Waals surface area contributed by atoms with E-state index in [1.807, 2.05) is 0 Å². The van der Waals surface area contributed by atoms with Crippen LogP contribution in [0.1, 0.15) is 62.7 Å². The quantitative estimate of drug-likeness (QED) is 0.464. The van der Waals surface area contributed by atoms with Crippen molar-refractivity contribution in [1.29, 1.82) is 0 Å². The fraction of sp³-hybridized carbons (Fsp3) is 0.654. The molecule has 7 heteroatoms. The second-order valence-electron chi connectivity index (χ2n) is 9.85. The predicted octanol–water partition coefficient (Wildman–Crippen LogP) is 3.33. The summed E-state index contributed by atoms with van der Waals surface area (Å²) in [5.41, 5.74) is 0.934. The molecule has 0 saturated carbocycles. The van der Waals surface area contributed by atoms with Gasteiger partial charge in [-0.25, -0.2) is 9.69 Å². The van der Waals surface area contributed by atoms with Crippen molar-refractivity contribution in [2.24, 2.45) is 11.8 Å². The molecular weight excluding hydrogens is 418 g/mol. The van der Waals surface area contributed by atoms with Gasteiger partial charge in [-0.15, -0.1) is 0 Å². The summed E-state index contributed by atoms with van der Waals surface area (Å²) in [4.78, 5) is 43.8. The van der Waals surface area contributed by atoms with Crippen LogP contribution in [0.25, 0.3) is 0 Å². The average Bonchev–Trinajstić information content (AvgIpc) is 3.13. The van der Waals surface area contributed by atoms with Crippen molar-refractivity contribution in [2.45, 2.75) is 58.4 Å². The highest BCUT2D eigenvalue weighted by Crippen LogP contribution is 2.30. The molecule has 1 aromatic rings. The molecule has 0 N–H and O–H groups in total. The Bertz CT molecular complexity index is 840. The Morgan fingerprint density at radius 2 is 1.67 bits per heavy atom. The smallest absolute Gasteiger partial charge is 0.338 e. The van der Waals surface area contributed by atoms with Gasteiger partial charge in [0.05, 0.1) is 30.3 Å². The number of anilines is 1. The Balaban J connectivity index is 1.28. The first kappa shape index (κ1) is 23.9. The SMILES string of the molecule is CCOC(=O)c1ccc(N2C(=O)C[C@H](N3CCC(CCN4CCC(C)CC4)CC3)C2=O)cc1. The molecule has 0 bridgehead atoms. The summed E-state index contributed by atoms with van der Waals surface area (Å²) in [6.07, 6.45) is 6.29. The van der Waals surface area contributed by atoms with Crippen molar-refractivity contribution in [3.8, 4) is 0 Å². The predicted molar refractivity (Wildman–Crippen MR) is 127 cm³/mol. The molecule has 3 heterocycles. The molecule has 33 heavy (non-hydrogen) atoms. The first-order chi connectivity index (χ1) is 16.0. The van der Waals surface area contributed by atoms with E-state index in [1.54, 1.807) is 31.2 Å². The van der Waals surface area contributed by atoms with Crippen LogP contribution >= 0.6 is 0 Å². The lowest BCUT2D eigenvalue weighted by molar-refractivity contribution is -0.123. The highest BCUT2D eigenvalue weighted by atomic mass is 16.5. The molecule has 0 spiro atoms. The number of piperidine rings is 2. The standard InChI is InChI=1S/C26H37N3O4/c1-3-33-26(32)21-4-6-22(7-5-21)29-24(30)18-23(25(29)31)28-16-11-20(12-17-28)10-15-27-13-8-19(2)9-14-27/h4-7,19-20,23H,3,8-18H2,1-2H3/t23-/m0/s1. The maximum atomic E-state index is 13.1. The van der Waals surface area contributed by atoms with Gasteiger partial charge in [0.2, 0.25) is 5.91 Å². The van der Waals surface area contributed by atoms with Crippen LogP contribution in [0.3, 0.4) is 0 Å². The third kappa shape index (κ3) is 5.64. The van der Waals surface area contributed by atoms with Crippen LogP contribution in [-0.2, 0) is 14.3 Å². The highest BCUT2D eigenvalue weighted by molar-refractivity contribution is 6.22. The maximum absolute atomic E-state index is 13.1. The number of ether oxygens (including phenoxy) is 1. The molecule has 0 aromatic heterocycles. The lowest BCUT2D eigenvalue weighted by Gasteiger charge is -2.36. The van der Waals surface area contributed by atoms with Gasteiger partial charge in [-0.1, -0.05) is 6.92 Å². The number of carbonyl (C=O) groups excluding carboxylic acids is 3. The van der Waals surface area contributed by atoms with Gasteiger partial charge in [-0.2, -0.15) is 0 Å². The number of imide groups is 1. The van der Waals surface area contributed by atoms with E-state index in [-0.39, 0.29) is 24.3 Å². The van der Waals surface area contributed by atoms with Crippen molar-refractivity contribution >= 4 is 23.5 Å². The molecule has 0 radical (unpaired) electrons. The molecule has 3 aliphatic rings. The van der Waals surface area contributed by atoms with Gasteiger partial charge in [0.1, 0.15) is 0 Å². The topological polar surface area (TPSA) is 70.2 Å². The van der Waals surface area contributed by atoms with E-state index in [4.69, 9.17) is 4.74 Å². The van der Waals surface area contributed by atoms with E-state index in [1.165, 1.54) is 43.8 Å². The van der Waals surface area contributed by atoms with E-state index in [0.717, 1.165) is 31.8 Å². The maximum Gasteiger partial charge on any atom is 0.338 e. The van der Waals surface area contributed by atoms with Crippen molar-refractivity contribution in [1.82, 2.24) is 9.80 Å². The minimum Gasteiger partial charge on any atom is -0.462 e. The Kier molecular flexibility index (Phi) is 7.81. The molecule has 0 aliphatic carbocycles. The van der Waals surface area contributed by atoms with Gasteiger partial charge in [-0.05, 0) is 108 Å². The summed E-state index contributed by atoms with van der Waals surface area (Å²) in [7, 11) is 0. The molecule has 180 valence electrons. The van der Waals surface area contributed by atoms with Crippen LogP contribution in [0.4, 0.5) is 5.69 Å². The molecule has 3 aliphatic heterocycles. The van der Waals surface area contributed by atoms with E-state index >= 15 is 0 Å². The van der Waals surface area contributed by atoms with Crippen molar-refractivity contribution in [2.75, 3.05) is 44.2 Å². The summed E-state index contributed by atoms with van der Waals surface area (Å²) in [5.74, 6) is 0.851. The Labute approximate surface area is 197 Å². The zero-order valence-electron chi connectivity index (χ0n) is 20.0. The number of amides is 2. The van der Waals surface area contributed by atoms with Crippen LogP contribution < -0.4 is 4.90 Å². The zero-order chi connectivity index (χ0) is 23.4. The van der Waals surface area contributed by atoms with Crippen LogP contribution in [0.2, 0.25) is 0 Å². The van der Waals surface area contributed by atoms with Gasteiger partial charge >= 0.3 is 5.97 Å². The van der Waals surface area contributed by atoms with E-state index < -0.39 is 5.97 Å². The van der Waals surface area contributed by atoms with Crippen LogP contribution in [0, 0.1) is 11.8 Å². The van der Waals surface area contributed by atoms with Gasteiger partial charge in [0, 0.05) is 0 Å². The fourth-order valence-electron chi connectivity index (χ4n) is 5.34. The summed E-state index contributed by atoms with van der Waals surface area (Å²) in [6.45, 7) is 9.81. The first-order valence-corrected chi connectivity index (χ1v) is 12.6. The largest absolute Gasteiger partial charge is 0.462 e. The van der Waals surface area contributed by atoms with Gasteiger partial charge < -0.3 is 9.64 Å². The monoisotopic (exact) mass is 455 g/mol. The number of hydrogen-bond acceptors (Lipinski definition) is 6. The fourth-order valence-corrected chi connectivity index (χ4v) is 5.34. The minimum absolute atomic E-state index is 0.148. The third-order valence-corrected chi connectivity index (χ3v) is 7.58. The Morgan fingerprint density at radius 3 is 2.30 bits per heavy atom. The van der Waals surface area contributed by atoms with Crippen molar-refractivity contribution in [3.05, 3.63) is 29.8 Å². The number of likely N-dealkylation sites (tertiary alicyclic amines) is 2. The van der Waals surface area contributed by atoms with E-state index in [9.17, 15) is 14.4 Å². The summed E-state index contributed by atoms with van der Waals surface area (Å²) in [6, 6.07) is 6.15. The van der Waals surface area contributed by atoms with Gasteiger partial charge in [0.25, 0.3) is 5.91 Å². The van der Waals surface area contributed by atoms with E-state index in [0.29, 0.717) is 23.8 Å². The minimum atomic E-state index is -0.404. The number of benzene rings is 1. The summed E-state index contributed by atoms with van der Waals surface area (Å²) < 4.78 is 5.00. The Hall–Kier alpha value is -2.25.